The number of imide groups is 1. The molecular weight excluding hydrogens is 529 g/mol. The van der Waals surface area contributed by atoms with E-state index in [4.69, 9.17) is 9.84 Å². The van der Waals surface area contributed by atoms with Gasteiger partial charge in [0, 0.05) is 5.92 Å². The van der Waals surface area contributed by atoms with Crippen LogP contribution in [-0.4, -0.2) is 58.3 Å². The summed E-state index contributed by atoms with van der Waals surface area (Å²) in [7, 11) is 0. The molecule has 0 spiro atoms. The third kappa shape index (κ3) is 6.23. The molecule has 4 amide bonds. The Balaban J connectivity index is 1.39. The fraction of sp³-hybridized carbons (Fsp3) is 0.323. The van der Waals surface area contributed by atoms with E-state index in [1.807, 2.05) is 6.07 Å². The normalized spacial score (nSPS) is 18.9. The Morgan fingerprint density at radius 3 is 2.39 bits per heavy atom. The molecule has 1 aliphatic heterocycles. The highest BCUT2D eigenvalue weighted by molar-refractivity contribution is 6.10. The maximum Gasteiger partial charge on any atom is 0.325 e. The van der Waals surface area contributed by atoms with Gasteiger partial charge in [0.15, 0.2) is 0 Å². The lowest BCUT2D eigenvalue weighted by Gasteiger charge is -2.30. The summed E-state index contributed by atoms with van der Waals surface area (Å²) in [6, 6.07) is 17.1. The molecule has 5 rings (SSSR count). The number of carbonyl (C=O) groups is 3. The van der Waals surface area contributed by atoms with Gasteiger partial charge in [-0.15, -0.1) is 0 Å². The first kappa shape index (κ1) is 28.3. The Morgan fingerprint density at radius 1 is 1.07 bits per heavy atom. The predicted molar refractivity (Wildman–Crippen MR) is 149 cm³/mol. The molecule has 2 fully saturated rings. The molecule has 4 atom stereocenters. The Morgan fingerprint density at radius 2 is 1.76 bits per heavy atom. The van der Waals surface area contributed by atoms with Crippen LogP contribution in [-0.2, 0) is 9.59 Å². The number of ether oxygens (including phenoxy) is 1. The molecule has 214 valence electrons. The number of hydrogen-bond donors (Lipinski definition) is 4. The maximum atomic E-state index is 14.9. The number of rotatable bonds is 11. The number of carbonyl (C=O) groups excluding carboxylic acids is 3. The monoisotopic (exact) mass is 561 g/mol. The van der Waals surface area contributed by atoms with Crippen molar-refractivity contribution in [2.45, 2.75) is 49.8 Å². The van der Waals surface area contributed by atoms with Crippen LogP contribution in [0.3, 0.4) is 0 Å². The van der Waals surface area contributed by atoms with Crippen LogP contribution in [0.5, 0.6) is 5.75 Å². The molecule has 0 aromatic heterocycles. The molecule has 1 heterocycles. The van der Waals surface area contributed by atoms with Crippen molar-refractivity contribution in [1.82, 2.24) is 10.2 Å². The molecule has 41 heavy (non-hydrogen) atoms. The number of amides is 4. The van der Waals surface area contributed by atoms with E-state index in [0.29, 0.717) is 17.2 Å². The predicted octanol–water partition coefficient (Wildman–Crippen LogP) is 3.84. The number of aliphatic hydroxyl groups is 2. The van der Waals surface area contributed by atoms with Gasteiger partial charge in [-0.05, 0) is 59.7 Å². The number of benzene rings is 3. The van der Waals surface area contributed by atoms with Crippen LogP contribution in [0.2, 0.25) is 0 Å². The number of anilines is 1. The van der Waals surface area contributed by atoms with Crippen LogP contribution in [0, 0.1) is 5.82 Å². The fourth-order valence-corrected chi connectivity index (χ4v) is 5.00. The van der Waals surface area contributed by atoms with E-state index in [9.17, 15) is 23.9 Å². The number of aliphatic hydroxyl groups excluding tert-OH is 2. The molecular formula is C31H32FN3O6. The van der Waals surface area contributed by atoms with E-state index < -0.39 is 54.4 Å². The minimum absolute atomic E-state index is 0.0184. The van der Waals surface area contributed by atoms with Gasteiger partial charge in [-0.1, -0.05) is 55.5 Å². The van der Waals surface area contributed by atoms with Gasteiger partial charge in [-0.25, -0.2) is 14.1 Å². The summed E-state index contributed by atoms with van der Waals surface area (Å²) in [4.78, 5) is 41.6. The molecule has 0 radical (unpaired) electrons. The molecule has 1 aliphatic carbocycles. The van der Waals surface area contributed by atoms with Gasteiger partial charge in [-0.3, -0.25) is 9.59 Å². The van der Waals surface area contributed by atoms with E-state index in [1.54, 1.807) is 61.5 Å². The summed E-state index contributed by atoms with van der Waals surface area (Å²) in [6.45, 7) is 1.19. The molecule has 10 heteroatoms. The molecule has 1 saturated heterocycles. The van der Waals surface area contributed by atoms with Crippen molar-refractivity contribution < 1.29 is 33.7 Å². The van der Waals surface area contributed by atoms with Crippen molar-refractivity contribution in [2.75, 3.05) is 18.5 Å². The highest BCUT2D eigenvalue weighted by Gasteiger charge is 2.47. The SMILES string of the molecule is CC(c1ccccc1)C(C(=O)Nc1ccc(C2CC2)cc1F)N1C(=O)N[C@H](c2ccc(OC[C@H](O)CO)cc2)C1=O. The Kier molecular flexibility index (Phi) is 8.32. The number of nitrogens with one attached hydrogen (secondary N) is 2. The number of hydrogen-bond acceptors (Lipinski definition) is 6. The number of halogens is 1. The molecule has 3 aromatic rings. The van der Waals surface area contributed by atoms with Gasteiger partial charge >= 0.3 is 6.03 Å². The Hall–Kier alpha value is -4.28. The molecule has 3 aromatic carbocycles. The van der Waals surface area contributed by atoms with Crippen LogP contribution in [0.4, 0.5) is 14.9 Å². The van der Waals surface area contributed by atoms with Crippen LogP contribution >= 0.6 is 0 Å². The molecule has 1 saturated carbocycles. The minimum atomic E-state index is -1.26. The third-order valence-electron chi connectivity index (χ3n) is 7.48. The smallest absolute Gasteiger partial charge is 0.325 e. The second kappa shape index (κ2) is 12.1. The minimum Gasteiger partial charge on any atom is -0.491 e. The summed E-state index contributed by atoms with van der Waals surface area (Å²) < 4.78 is 20.4. The average molecular weight is 562 g/mol. The second-order valence-electron chi connectivity index (χ2n) is 10.5. The number of nitrogens with zero attached hydrogens (tertiary/aromatic N) is 1. The lowest BCUT2D eigenvalue weighted by molar-refractivity contribution is -0.134. The fourth-order valence-electron chi connectivity index (χ4n) is 5.00. The zero-order valence-corrected chi connectivity index (χ0v) is 22.5. The van der Waals surface area contributed by atoms with E-state index in [1.165, 1.54) is 12.1 Å². The van der Waals surface area contributed by atoms with Gasteiger partial charge < -0.3 is 25.6 Å². The first-order valence-corrected chi connectivity index (χ1v) is 13.6. The molecule has 0 bridgehead atoms. The van der Waals surface area contributed by atoms with Crippen molar-refractivity contribution in [1.29, 1.82) is 0 Å². The topological polar surface area (TPSA) is 128 Å². The van der Waals surface area contributed by atoms with Crippen LogP contribution in [0.15, 0.2) is 72.8 Å². The maximum absolute atomic E-state index is 14.9. The zero-order chi connectivity index (χ0) is 29.1. The standard InChI is InChI=1S/C31H32FN3O6/c1-18(19-5-3-2-4-6-19)28(29(38)33-26-14-11-22(15-25(26)32)20-7-8-20)35-30(39)27(34-31(35)40)21-9-12-24(13-10-21)41-17-23(37)16-36/h2-6,9-15,18,20,23,27-28,36-37H,7-8,16-17H2,1H3,(H,33,38)(H,34,40)/t18?,23-,27-,28?/m1/s1. The first-order valence-electron chi connectivity index (χ1n) is 13.6. The van der Waals surface area contributed by atoms with Crippen LogP contribution in [0.25, 0.3) is 0 Å². The highest BCUT2D eigenvalue weighted by atomic mass is 19.1. The zero-order valence-electron chi connectivity index (χ0n) is 22.5. The van der Waals surface area contributed by atoms with Crippen molar-refractivity contribution in [2.24, 2.45) is 0 Å². The summed E-state index contributed by atoms with van der Waals surface area (Å²) in [6.07, 6.45) is 0.994. The van der Waals surface area contributed by atoms with Crippen molar-refractivity contribution in [3.63, 3.8) is 0 Å². The lowest BCUT2D eigenvalue weighted by Crippen LogP contribution is -2.50. The largest absolute Gasteiger partial charge is 0.491 e. The lowest BCUT2D eigenvalue weighted by atomic mass is 9.91. The van der Waals surface area contributed by atoms with Crippen LogP contribution in [0.1, 0.15) is 54.3 Å². The molecule has 4 N–H and O–H groups in total. The third-order valence-corrected chi connectivity index (χ3v) is 7.48. The highest BCUT2D eigenvalue weighted by Crippen LogP contribution is 2.41. The number of urea groups is 1. The molecule has 9 nitrogen and oxygen atoms in total. The first-order chi connectivity index (χ1) is 19.8. The molecule has 2 unspecified atom stereocenters. The average Bonchev–Trinajstić information content (AvgIpc) is 3.80. The summed E-state index contributed by atoms with van der Waals surface area (Å²) >= 11 is 0. The van der Waals surface area contributed by atoms with Crippen molar-refractivity contribution >= 4 is 23.5 Å². The van der Waals surface area contributed by atoms with Gasteiger partial charge in [0.05, 0.1) is 12.3 Å². The van der Waals surface area contributed by atoms with E-state index in [2.05, 4.69) is 10.6 Å². The van der Waals surface area contributed by atoms with Crippen molar-refractivity contribution in [3.05, 3.63) is 95.3 Å². The summed E-state index contributed by atoms with van der Waals surface area (Å²) in [5.41, 5.74) is 2.06. The van der Waals surface area contributed by atoms with Crippen molar-refractivity contribution in [3.8, 4) is 5.75 Å². The second-order valence-corrected chi connectivity index (χ2v) is 10.5. The van der Waals surface area contributed by atoms with Crippen LogP contribution < -0.4 is 15.4 Å². The van der Waals surface area contributed by atoms with E-state index in [-0.39, 0.29) is 12.3 Å². The Labute approximate surface area is 236 Å². The van der Waals surface area contributed by atoms with E-state index in [0.717, 1.165) is 28.9 Å². The van der Waals surface area contributed by atoms with Gasteiger partial charge in [0.25, 0.3) is 5.91 Å². The quantitative estimate of drug-likeness (QED) is 0.264. The summed E-state index contributed by atoms with van der Waals surface area (Å²) in [5, 5.41) is 23.7. The summed E-state index contributed by atoms with van der Waals surface area (Å²) in [5.74, 6) is -1.73. The van der Waals surface area contributed by atoms with E-state index >= 15 is 0 Å². The van der Waals surface area contributed by atoms with Gasteiger partial charge in [-0.2, -0.15) is 0 Å². The Bertz CT molecular complexity index is 1410. The van der Waals surface area contributed by atoms with Gasteiger partial charge in [0.1, 0.15) is 36.4 Å². The van der Waals surface area contributed by atoms with Gasteiger partial charge in [0.2, 0.25) is 5.91 Å². The molecule has 2 aliphatic rings.